The SMILES string of the molecule is CCOc1ccc(OCCOC(=O)CNS(=O)(=O)c2ccc(C)cc2)cc1. The summed E-state index contributed by atoms with van der Waals surface area (Å²) >= 11 is 0. The van der Waals surface area contributed by atoms with E-state index in [-0.39, 0.29) is 18.1 Å². The molecular formula is C19H23NO6S. The number of carbonyl (C=O) groups excluding carboxylic acids is 1. The van der Waals surface area contributed by atoms with Crippen molar-refractivity contribution >= 4 is 16.0 Å². The summed E-state index contributed by atoms with van der Waals surface area (Å²) in [7, 11) is -3.75. The zero-order valence-corrected chi connectivity index (χ0v) is 16.1. The average Bonchev–Trinajstić information content (AvgIpc) is 2.65. The first-order valence-electron chi connectivity index (χ1n) is 8.48. The van der Waals surface area contributed by atoms with E-state index >= 15 is 0 Å². The minimum absolute atomic E-state index is 0.0122. The number of benzene rings is 2. The summed E-state index contributed by atoms with van der Waals surface area (Å²) < 4.78 is 42.1. The zero-order valence-electron chi connectivity index (χ0n) is 15.3. The smallest absolute Gasteiger partial charge is 0.321 e. The van der Waals surface area contributed by atoms with E-state index in [9.17, 15) is 13.2 Å². The van der Waals surface area contributed by atoms with Gasteiger partial charge in [0.2, 0.25) is 10.0 Å². The Hall–Kier alpha value is -2.58. The molecule has 2 aromatic carbocycles. The Morgan fingerprint density at radius 2 is 1.52 bits per heavy atom. The number of rotatable bonds is 10. The maximum Gasteiger partial charge on any atom is 0.321 e. The summed E-state index contributed by atoms with van der Waals surface area (Å²) in [6, 6.07) is 13.4. The number of aryl methyl sites for hydroxylation is 1. The summed E-state index contributed by atoms with van der Waals surface area (Å²) in [5.74, 6) is 0.688. The van der Waals surface area contributed by atoms with Crippen LogP contribution in [0.3, 0.4) is 0 Å². The lowest BCUT2D eigenvalue weighted by Gasteiger charge is -2.09. The molecule has 0 radical (unpaired) electrons. The van der Waals surface area contributed by atoms with E-state index in [1.807, 2.05) is 13.8 Å². The lowest BCUT2D eigenvalue weighted by atomic mass is 10.2. The minimum Gasteiger partial charge on any atom is -0.494 e. The molecular weight excluding hydrogens is 370 g/mol. The van der Waals surface area contributed by atoms with E-state index in [0.29, 0.717) is 12.4 Å². The third-order valence-electron chi connectivity index (χ3n) is 3.49. The second-order valence-electron chi connectivity index (χ2n) is 5.61. The summed E-state index contributed by atoms with van der Waals surface area (Å²) in [6.07, 6.45) is 0. The Balaban J connectivity index is 1.69. The molecule has 0 saturated carbocycles. The van der Waals surface area contributed by atoms with Crippen LogP contribution < -0.4 is 14.2 Å². The van der Waals surface area contributed by atoms with E-state index in [0.717, 1.165) is 11.3 Å². The van der Waals surface area contributed by atoms with Crippen molar-refractivity contribution in [2.24, 2.45) is 0 Å². The molecule has 27 heavy (non-hydrogen) atoms. The maximum atomic E-state index is 12.1. The molecule has 0 bridgehead atoms. The van der Waals surface area contributed by atoms with Crippen molar-refractivity contribution in [2.75, 3.05) is 26.4 Å². The number of ether oxygens (including phenoxy) is 3. The van der Waals surface area contributed by atoms with Crippen LogP contribution in [0.25, 0.3) is 0 Å². The predicted octanol–water partition coefficient (Wildman–Crippen LogP) is 2.29. The van der Waals surface area contributed by atoms with Crippen molar-refractivity contribution in [2.45, 2.75) is 18.7 Å². The topological polar surface area (TPSA) is 90.9 Å². The molecule has 0 aromatic heterocycles. The quantitative estimate of drug-likeness (QED) is 0.492. The average molecular weight is 393 g/mol. The van der Waals surface area contributed by atoms with Crippen molar-refractivity contribution in [1.29, 1.82) is 0 Å². The number of nitrogens with one attached hydrogen (secondary N) is 1. The van der Waals surface area contributed by atoms with Crippen LogP contribution in [0.1, 0.15) is 12.5 Å². The fourth-order valence-electron chi connectivity index (χ4n) is 2.12. The Morgan fingerprint density at radius 3 is 2.11 bits per heavy atom. The van der Waals surface area contributed by atoms with E-state index in [1.165, 1.54) is 12.1 Å². The Labute approximate surface area is 159 Å². The van der Waals surface area contributed by atoms with Crippen molar-refractivity contribution in [3.63, 3.8) is 0 Å². The lowest BCUT2D eigenvalue weighted by molar-refractivity contribution is -0.142. The maximum absolute atomic E-state index is 12.1. The minimum atomic E-state index is -3.75. The van der Waals surface area contributed by atoms with Gasteiger partial charge in [0, 0.05) is 0 Å². The summed E-state index contributed by atoms with van der Waals surface area (Å²) in [4.78, 5) is 11.8. The third-order valence-corrected chi connectivity index (χ3v) is 4.90. The van der Waals surface area contributed by atoms with E-state index in [4.69, 9.17) is 14.2 Å². The van der Waals surface area contributed by atoms with Crippen LogP contribution in [0.5, 0.6) is 11.5 Å². The van der Waals surface area contributed by atoms with Gasteiger partial charge in [0.1, 0.15) is 31.3 Å². The van der Waals surface area contributed by atoms with Crippen LogP contribution in [0.4, 0.5) is 0 Å². The van der Waals surface area contributed by atoms with Crippen LogP contribution in [0, 0.1) is 6.92 Å². The Morgan fingerprint density at radius 1 is 0.926 bits per heavy atom. The number of esters is 1. The molecule has 0 aliphatic carbocycles. The molecule has 146 valence electrons. The van der Waals surface area contributed by atoms with Crippen molar-refractivity contribution in [1.82, 2.24) is 4.72 Å². The molecule has 8 heteroatoms. The van der Waals surface area contributed by atoms with Gasteiger partial charge in [-0.3, -0.25) is 4.79 Å². The zero-order chi connectivity index (χ0) is 19.7. The monoisotopic (exact) mass is 393 g/mol. The van der Waals surface area contributed by atoms with Gasteiger partial charge in [-0.05, 0) is 50.2 Å². The molecule has 0 heterocycles. The van der Waals surface area contributed by atoms with Crippen LogP contribution in [-0.4, -0.2) is 40.8 Å². The molecule has 2 rings (SSSR count). The summed E-state index contributed by atoms with van der Waals surface area (Å²) in [6.45, 7) is 4.07. The first kappa shape index (κ1) is 20.7. The molecule has 0 aliphatic rings. The number of carbonyl (C=O) groups is 1. The molecule has 0 fully saturated rings. The molecule has 0 atom stereocenters. The molecule has 1 N–H and O–H groups in total. The molecule has 0 aliphatic heterocycles. The van der Waals surface area contributed by atoms with Crippen molar-refractivity contribution < 1.29 is 27.4 Å². The van der Waals surface area contributed by atoms with Crippen molar-refractivity contribution in [3.8, 4) is 11.5 Å². The molecule has 0 unspecified atom stereocenters. The van der Waals surface area contributed by atoms with Crippen LogP contribution in [0.2, 0.25) is 0 Å². The highest BCUT2D eigenvalue weighted by molar-refractivity contribution is 7.89. The summed E-state index contributed by atoms with van der Waals surface area (Å²) in [5, 5.41) is 0. The van der Waals surface area contributed by atoms with Crippen LogP contribution in [0.15, 0.2) is 53.4 Å². The predicted molar refractivity (Wildman–Crippen MR) is 100 cm³/mol. The third kappa shape index (κ3) is 6.92. The van der Waals surface area contributed by atoms with Gasteiger partial charge in [0.15, 0.2) is 0 Å². The van der Waals surface area contributed by atoms with Gasteiger partial charge in [-0.25, -0.2) is 8.42 Å². The van der Waals surface area contributed by atoms with Gasteiger partial charge >= 0.3 is 5.97 Å². The van der Waals surface area contributed by atoms with Gasteiger partial charge in [0.25, 0.3) is 0 Å². The molecule has 0 amide bonds. The fraction of sp³-hybridized carbons (Fsp3) is 0.316. The van der Waals surface area contributed by atoms with Crippen molar-refractivity contribution in [3.05, 3.63) is 54.1 Å². The highest BCUT2D eigenvalue weighted by atomic mass is 32.2. The van der Waals surface area contributed by atoms with E-state index in [2.05, 4.69) is 4.72 Å². The van der Waals surface area contributed by atoms with Gasteiger partial charge in [-0.1, -0.05) is 17.7 Å². The van der Waals surface area contributed by atoms with E-state index in [1.54, 1.807) is 36.4 Å². The van der Waals surface area contributed by atoms with Crippen LogP contribution in [-0.2, 0) is 19.6 Å². The Kier molecular flexibility index (Phi) is 7.63. The summed E-state index contributed by atoms with van der Waals surface area (Å²) in [5.41, 5.74) is 0.945. The lowest BCUT2D eigenvalue weighted by Crippen LogP contribution is -2.31. The number of sulfonamides is 1. The highest BCUT2D eigenvalue weighted by Crippen LogP contribution is 2.17. The second kappa shape index (κ2) is 9.94. The largest absolute Gasteiger partial charge is 0.494 e. The number of hydrogen-bond acceptors (Lipinski definition) is 6. The number of hydrogen-bond donors (Lipinski definition) is 1. The van der Waals surface area contributed by atoms with Gasteiger partial charge in [0.05, 0.1) is 11.5 Å². The van der Waals surface area contributed by atoms with Crippen LogP contribution >= 0.6 is 0 Å². The first-order chi connectivity index (χ1) is 12.9. The normalized spacial score (nSPS) is 11.0. The molecule has 0 spiro atoms. The Bertz CT molecular complexity index is 832. The van der Waals surface area contributed by atoms with E-state index < -0.39 is 22.5 Å². The highest BCUT2D eigenvalue weighted by Gasteiger charge is 2.15. The standard InChI is InChI=1S/C19H23NO6S/c1-3-24-16-6-8-17(9-7-16)25-12-13-26-19(21)14-20-27(22,23)18-10-4-15(2)5-11-18/h4-11,20H,3,12-14H2,1-2H3. The van der Waals surface area contributed by atoms with Gasteiger partial charge in [-0.2, -0.15) is 4.72 Å². The molecule has 0 saturated heterocycles. The first-order valence-corrected chi connectivity index (χ1v) is 9.96. The van der Waals surface area contributed by atoms with Gasteiger partial charge in [-0.15, -0.1) is 0 Å². The molecule has 2 aromatic rings. The fourth-order valence-corrected chi connectivity index (χ4v) is 3.09. The molecule has 7 nitrogen and oxygen atoms in total. The van der Waals surface area contributed by atoms with Gasteiger partial charge < -0.3 is 14.2 Å². The second-order valence-corrected chi connectivity index (χ2v) is 7.38.